The van der Waals surface area contributed by atoms with Gasteiger partial charge in [-0.25, -0.2) is 43.7 Å². The van der Waals surface area contributed by atoms with Crippen molar-refractivity contribution < 1.29 is 43.3 Å². The second-order valence-electron chi connectivity index (χ2n) is 19.9. The molecule has 0 aliphatic carbocycles. The molecule has 2 fully saturated rings. The number of aromatic carboxylic acids is 1. The van der Waals surface area contributed by atoms with Crippen molar-refractivity contribution in [1.29, 1.82) is 0 Å². The molecule has 2 saturated heterocycles. The molecular weight excluding hydrogens is 1020 g/mol. The lowest BCUT2D eigenvalue weighted by Crippen LogP contribution is -2.43. The van der Waals surface area contributed by atoms with Gasteiger partial charge in [-0.2, -0.15) is 0 Å². The van der Waals surface area contributed by atoms with E-state index in [4.69, 9.17) is 50.1 Å². The normalized spacial score (nSPS) is 15.7. The van der Waals surface area contributed by atoms with Gasteiger partial charge in [-0.15, -0.1) is 0 Å². The minimum Gasteiger partial charge on any atom is -0.476 e. The van der Waals surface area contributed by atoms with Crippen molar-refractivity contribution >= 4 is 70.7 Å². The molecule has 2 aromatic carbocycles. The SMILES string of the molecule is CC(C)(C)OC(=O)N1CCCC[C@H]1c1nc(-c2ccc(C(=O)Nc3ccc(Cl)cn3)cc2)c(C(=O)O)n1N.CC(C)(C)OC(=O)N1CCCC[C@H]1c1nc(-c2ccc(C(=O)Nc3ccc(Cl)cn3)cc2)c(C(N)=O)n1N. The smallest absolute Gasteiger partial charge is 0.410 e. The molecule has 24 heteroatoms. The Morgan fingerprint density at radius 1 is 0.592 bits per heavy atom. The average molecular weight is 1080 g/mol. The van der Waals surface area contributed by atoms with Gasteiger partial charge in [0.25, 0.3) is 17.7 Å². The number of nitrogens with one attached hydrogen (secondary N) is 2. The number of anilines is 2. The number of carbonyl (C=O) groups is 6. The van der Waals surface area contributed by atoms with Crippen LogP contribution in [0.25, 0.3) is 22.5 Å². The summed E-state index contributed by atoms with van der Waals surface area (Å²) >= 11 is 11.7. The first-order valence-electron chi connectivity index (χ1n) is 24.2. The summed E-state index contributed by atoms with van der Waals surface area (Å²) < 4.78 is 13.3. The van der Waals surface area contributed by atoms with Crippen LogP contribution >= 0.6 is 23.2 Å². The summed E-state index contributed by atoms with van der Waals surface area (Å²) in [4.78, 5) is 96.2. The fourth-order valence-corrected chi connectivity index (χ4v) is 8.75. The quantitative estimate of drug-likeness (QED) is 0.0698. The summed E-state index contributed by atoms with van der Waals surface area (Å²) in [5.74, 6) is 11.0. The van der Waals surface area contributed by atoms with Crippen LogP contribution < -0.4 is 28.1 Å². The standard InChI is InChI=1S/C26H30ClN7O4.C26H29ClN6O5/c1-26(2,3)38-25(37)33-13-5-4-6-18(33)23-32-20(21(22(28)35)34(23)29)15-7-9-16(10-8-15)24(36)31-19-12-11-17(27)14-30-19;1-26(2,3)38-25(37)32-13-5-4-6-18(32)22-31-20(21(24(35)36)33(22)28)15-7-9-16(10-8-15)23(34)30-19-12-11-17(27)14-29-19/h7-12,14,18H,4-6,13,29H2,1-3H3,(H2,28,35)(H,30,31,36);7-12,14,18H,4-6,13,28H2,1-3H3,(H,35,36)(H,29,30,34)/t2*18-/m00/s1. The lowest BCUT2D eigenvalue weighted by atomic mass is 10.0. The van der Waals surface area contributed by atoms with Gasteiger partial charge < -0.3 is 42.6 Å². The van der Waals surface area contributed by atoms with Crippen LogP contribution in [0.15, 0.2) is 85.2 Å². The molecule has 9 N–H and O–H groups in total. The molecule has 76 heavy (non-hydrogen) atoms. The van der Waals surface area contributed by atoms with E-state index >= 15 is 0 Å². The van der Waals surface area contributed by atoms with Crippen LogP contribution in [0.3, 0.4) is 0 Å². The number of halogens is 2. The van der Waals surface area contributed by atoms with Gasteiger partial charge in [0.05, 0.1) is 22.1 Å². The molecule has 0 spiro atoms. The molecule has 2 aliphatic rings. The van der Waals surface area contributed by atoms with Gasteiger partial charge in [0.1, 0.15) is 34.2 Å². The van der Waals surface area contributed by atoms with Crippen molar-refractivity contribution in [2.75, 3.05) is 35.4 Å². The zero-order valence-electron chi connectivity index (χ0n) is 42.7. The van der Waals surface area contributed by atoms with Crippen molar-refractivity contribution in [3.05, 3.63) is 129 Å². The Morgan fingerprint density at radius 3 is 1.32 bits per heavy atom. The lowest BCUT2D eigenvalue weighted by Gasteiger charge is -2.36. The number of likely N-dealkylation sites (tertiary alicyclic amines) is 2. The van der Waals surface area contributed by atoms with Crippen LogP contribution in [0, 0.1) is 0 Å². The summed E-state index contributed by atoms with van der Waals surface area (Å²) in [5, 5.41) is 16.2. The van der Waals surface area contributed by atoms with E-state index in [0.29, 0.717) is 75.7 Å². The molecule has 5 amide bonds. The van der Waals surface area contributed by atoms with Crippen LogP contribution in [0.1, 0.15) is 145 Å². The lowest BCUT2D eigenvalue weighted by molar-refractivity contribution is 0.00723. The molecular formula is C52H59Cl2N13O9. The number of ether oxygens (including phenoxy) is 2. The number of carbonyl (C=O) groups excluding carboxylic acids is 5. The Hall–Kier alpha value is -8.24. The number of hydrogen-bond acceptors (Lipinski definition) is 14. The topological polar surface area (TPSA) is 311 Å². The zero-order chi connectivity index (χ0) is 55.2. The Morgan fingerprint density at radius 2 is 0.974 bits per heavy atom. The Balaban J connectivity index is 0.000000221. The number of piperidine rings is 2. The Bertz CT molecular complexity index is 2910. The number of pyridine rings is 2. The summed E-state index contributed by atoms with van der Waals surface area (Å²) in [5.41, 5.74) is 6.17. The highest BCUT2D eigenvalue weighted by molar-refractivity contribution is 6.30. The van der Waals surface area contributed by atoms with Crippen LogP contribution in [0.4, 0.5) is 21.2 Å². The number of carboxylic acids is 1. The number of rotatable bonds is 10. The molecule has 6 aromatic rings. The first kappa shape index (κ1) is 55.5. The van der Waals surface area contributed by atoms with Gasteiger partial charge in [-0.05, 0) is 129 Å². The first-order chi connectivity index (χ1) is 35.9. The van der Waals surface area contributed by atoms with Crippen molar-refractivity contribution in [3.8, 4) is 22.5 Å². The van der Waals surface area contributed by atoms with E-state index < -0.39 is 53.3 Å². The number of imidazole rings is 2. The third kappa shape index (κ3) is 13.3. The number of carboxylic acid groups (broad SMARTS) is 1. The zero-order valence-corrected chi connectivity index (χ0v) is 44.2. The Kier molecular flexibility index (Phi) is 16.9. The van der Waals surface area contributed by atoms with E-state index in [0.717, 1.165) is 35.0 Å². The summed E-state index contributed by atoms with van der Waals surface area (Å²) in [6.07, 6.45) is 6.30. The van der Waals surface area contributed by atoms with Gasteiger partial charge in [0, 0.05) is 47.7 Å². The molecule has 22 nitrogen and oxygen atoms in total. The minimum atomic E-state index is -1.27. The second kappa shape index (κ2) is 23.1. The monoisotopic (exact) mass is 1080 g/mol. The van der Waals surface area contributed by atoms with Crippen molar-refractivity contribution in [3.63, 3.8) is 0 Å². The predicted octanol–water partition coefficient (Wildman–Crippen LogP) is 8.85. The van der Waals surface area contributed by atoms with Gasteiger partial charge in [-0.1, -0.05) is 47.5 Å². The van der Waals surface area contributed by atoms with Crippen LogP contribution in [-0.2, 0) is 9.47 Å². The fraction of sp³-hybridized carbons (Fsp3) is 0.346. The van der Waals surface area contributed by atoms with Gasteiger partial charge in [0.2, 0.25) is 0 Å². The van der Waals surface area contributed by atoms with E-state index in [-0.39, 0.29) is 34.5 Å². The van der Waals surface area contributed by atoms with E-state index in [1.54, 1.807) is 124 Å². The molecule has 0 radical (unpaired) electrons. The molecule has 2 aliphatic heterocycles. The molecule has 6 heterocycles. The Labute approximate surface area is 447 Å². The number of nitrogen functional groups attached to an aromatic ring is 2. The van der Waals surface area contributed by atoms with Crippen molar-refractivity contribution in [2.45, 2.75) is 103 Å². The maximum atomic E-state index is 12.9. The minimum absolute atomic E-state index is 0.00252. The highest BCUT2D eigenvalue weighted by Gasteiger charge is 2.38. The molecule has 4 aromatic heterocycles. The summed E-state index contributed by atoms with van der Waals surface area (Å²) in [7, 11) is 0. The largest absolute Gasteiger partial charge is 0.476 e. The maximum Gasteiger partial charge on any atom is 0.410 e. The van der Waals surface area contributed by atoms with Gasteiger partial charge in [-0.3, -0.25) is 24.2 Å². The number of primary amides is 1. The maximum absolute atomic E-state index is 12.9. The molecule has 0 unspecified atom stereocenters. The first-order valence-corrected chi connectivity index (χ1v) is 25.0. The molecule has 0 saturated carbocycles. The van der Waals surface area contributed by atoms with E-state index in [1.807, 2.05) is 0 Å². The average Bonchev–Trinajstić information content (AvgIpc) is 3.93. The third-order valence-corrected chi connectivity index (χ3v) is 12.4. The number of nitrogens with two attached hydrogens (primary N) is 3. The van der Waals surface area contributed by atoms with Gasteiger partial charge >= 0.3 is 18.2 Å². The van der Waals surface area contributed by atoms with E-state index in [2.05, 4.69) is 30.6 Å². The molecule has 2 atom stereocenters. The number of hydrogen-bond donors (Lipinski definition) is 6. The molecule has 8 rings (SSSR count). The van der Waals surface area contributed by atoms with Crippen LogP contribution in [0.5, 0.6) is 0 Å². The highest BCUT2D eigenvalue weighted by Crippen LogP contribution is 2.37. The van der Waals surface area contributed by atoms with E-state index in [9.17, 15) is 33.9 Å². The second-order valence-corrected chi connectivity index (χ2v) is 20.8. The number of benzene rings is 2. The fourth-order valence-electron chi connectivity index (χ4n) is 8.53. The van der Waals surface area contributed by atoms with Gasteiger partial charge in [0.15, 0.2) is 23.0 Å². The van der Waals surface area contributed by atoms with Crippen molar-refractivity contribution in [1.82, 2.24) is 39.1 Å². The number of nitrogens with zero attached hydrogens (tertiary/aromatic N) is 8. The number of amides is 5. The molecule has 400 valence electrons. The van der Waals surface area contributed by atoms with Crippen LogP contribution in [0.2, 0.25) is 10.0 Å². The highest BCUT2D eigenvalue weighted by atomic mass is 35.5. The number of aromatic nitrogens is 6. The predicted molar refractivity (Wildman–Crippen MR) is 285 cm³/mol. The third-order valence-electron chi connectivity index (χ3n) is 11.9. The summed E-state index contributed by atoms with van der Waals surface area (Å²) in [6, 6.07) is 18.1. The van der Waals surface area contributed by atoms with Crippen molar-refractivity contribution in [2.24, 2.45) is 5.73 Å². The molecule has 0 bridgehead atoms. The summed E-state index contributed by atoms with van der Waals surface area (Å²) in [6.45, 7) is 11.7. The van der Waals surface area contributed by atoms with E-state index in [1.165, 1.54) is 12.4 Å². The van der Waals surface area contributed by atoms with Crippen LogP contribution in [-0.4, -0.2) is 104 Å².